The standard InChI is InChI=1S/C61H97NO9S/c1-5-8-10-12-14-16-18-20-21-23-25-27-29-31-39-45-55(63)62-52(7-3)53(44-38-30-28-26-24-22-19-17-15-13-11-9-6-2)69-57(65)47-46-56(64)68-48-54-58(66)49(4)59(71-60(67)50-40-34-32-35-41-50)61(70-54)72-51-42-36-33-37-43-51/h32-38,40-44,49,52-54,58-59,61,66H,5-31,39,45-48H2,1-4H3,(H,62,63)/b44-38+/t49-,52-,53+,54?,58+,59?,61-/m0/s1. The molecule has 10 nitrogen and oxygen atoms in total. The van der Waals surface area contributed by atoms with E-state index in [2.05, 4.69) is 25.2 Å². The van der Waals surface area contributed by atoms with Crippen LogP contribution >= 0.6 is 11.8 Å². The number of aliphatic hydroxyl groups is 1. The van der Waals surface area contributed by atoms with E-state index in [1.54, 1.807) is 31.2 Å². The average molecular weight is 1020 g/mol. The number of unbranched alkanes of at least 4 members (excludes halogenated alkanes) is 25. The summed E-state index contributed by atoms with van der Waals surface area (Å²) in [6, 6.07) is 17.8. The van der Waals surface area contributed by atoms with E-state index in [0.29, 0.717) is 18.4 Å². The summed E-state index contributed by atoms with van der Waals surface area (Å²) in [4.78, 5) is 53.8. The smallest absolute Gasteiger partial charge is 0.338 e. The summed E-state index contributed by atoms with van der Waals surface area (Å²) < 4.78 is 23.9. The topological polar surface area (TPSA) is 137 Å². The fourth-order valence-electron chi connectivity index (χ4n) is 9.33. The maximum absolute atomic E-state index is 13.4. The molecule has 72 heavy (non-hydrogen) atoms. The molecule has 1 aliphatic rings. The molecule has 2 aromatic carbocycles. The molecule has 1 heterocycles. The summed E-state index contributed by atoms with van der Waals surface area (Å²) in [5, 5.41) is 14.5. The van der Waals surface area contributed by atoms with Gasteiger partial charge < -0.3 is 29.4 Å². The van der Waals surface area contributed by atoms with E-state index in [1.165, 1.54) is 147 Å². The first kappa shape index (κ1) is 62.6. The fraction of sp³-hybridized carbons (Fsp3) is 0.705. The largest absolute Gasteiger partial charge is 0.463 e. The van der Waals surface area contributed by atoms with Crippen molar-refractivity contribution in [3.05, 3.63) is 78.4 Å². The van der Waals surface area contributed by atoms with E-state index in [-0.39, 0.29) is 25.4 Å². The zero-order valence-electron chi connectivity index (χ0n) is 45.2. The van der Waals surface area contributed by atoms with Crippen molar-refractivity contribution in [2.45, 2.75) is 268 Å². The molecule has 3 rings (SSSR count). The molecule has 0 saturated carbocycles. The molecule has 0 aromatic heterocycles. The first-order valence-electron chi connectivity index (χ1n) is 28.8. The van der Waals surface area contributed by atoms with Crippen molar-refractivity contribution in [1.82, 2.24) is 5.32 Å². The van der Waals surface area contributed by atoms with E-state index in [1.807, 2.05) is 49.4 Å². The maximum atomic E-state index is 13.4. The summed E-state index contributed by atoms with van der Waals surface area (Å²) >= 11 is 1.36. The van der Waals surface area contributed by atoms with Crippen molar-refractivity contribution in [3.8, 4) is 0 Å². The lowest BCUT2D eigenvalue weighted by atomic mass is 9.91. The van der Waals surface area contributed by atoms with Gasteiger partial charge in [0, 0.05) is 17.2 Å². The van der Waals surface area contributed by atoms with E-state index >= 15 is 0 Å². The highest BCUT2D eigenvalue weighted by Gasteiger charge is 2.46. The molecular formula is C61H97NO9S. The first-order chi connectivity index (χ1) is 35.2. The summed E-state index contributed by atoms with van der Waals surface area (Å²) in [5.74, 6) is -2.30. The highest BCUT2D eigenvalue weighted by Crippen LogP contribution is 2.38. The van der Waals surface area contributed by atoms with Crippen LogP contribution in [-0.2, 0) is 33.3 Å². The SMILES string of the molecule is CCCCCCCCCCCCC/C=C/[C@@H](OC(=O)CCC(=O)OCC1O[C@@H](Sc2ccccc2)C(OC(=O)c2ccccc2)[C@@H](C)[C@H]1O)[C@H](CC)NC(=O)CCCCCCCCCCCCCCCCC. The van der Waals surface area contributed by atoms with E-state index in [9.17, 15) is 24.3 Å². The predicted molar refractivity (Wildman–Crippen MR) is 294 cm³/mol. The normalized spacial score (nSPS) is 18.7. The van der Waals surface area contributed by atoms with Crippen molar-refractivity contribution in [3.63, 3.8) is 0 Å². The van der Waals surface area contributed by atoms with Crippen molar-refractivity contribution in [2.75, 3.05) is 6.61 Å². The highest BCUT2D eigenvalue weighted by atomic mass is 32.2. The summed E-state index contributed by atoms with van der Waals surface area (Å²) in [6.45, 7) is 8.04. The van der Waals surface area contributed by atoms with Gasteiger partial charge in [0.1, 0.15) is 30.4 Å². The molecule has 0 spiro atoms. The minimum absolute atomic E-state index is 0.0357. The van der Waals surface area contributed by atoms with Crippen LogP contribution in [0.15, 0.2) is 77.7 Å². The second kappa shape index (κ2) is 40.7. The summed E-state index contributed by atoms with van der Waals surface area (Å²) in [5.41, 5.74) is -0.312. The number of esters is 3. The molecule has 0 bridgehead atoms. The lowest BCUT2D eigenvalue weighted by Gasteiger charge is -2.42. The van der Waals surface area contributed by atoms with Crippen molar-refractivity contribution < 1.29 is 43.2 Å². The molecule has 2 N–H and O–H groups in total. The van der Waals surface area contributed by atoms with Crippen LogP contribution in [0.25, 0.3) is 0 Å². The molecule has 7 atom stereocenters. The first-order valence-corrected chi connectivity index (χ1v) is 29.7. The summed E-state index contributed by atoms with van der Waals surface area (Å²) in [7, 11) is 0. The Labute approximate surface area is 440 Å². The van der Waals surface area contributed by atoms with E-state index < -0.39 is 59.7 Å². The van der Waals surface area contributed by atoms with Crippen LogP contribution in [0.1, 0.15) is 237 Å². The van der Waals surface area contributed by atoms with Gasteiger partial charge >= 0.3 is 17.9 Å². The molecule has 11 heteroatoms. The number of aliphatic hydroxyl groups excluding tert-OH is 1. The van der Waals surface area contributed by atoms with Crippen LogP contribution in [0.3, 0.4) is 0 Å². The number of rotatable bonds is 42. The minimum atomic E-state index is -1.11. The third-order valence-electron chi connectivity index (χ3n) is 14.0. The van der Waals surface area contributed by atoms with Crippen LogP contribution in [-0.4, -0.2) is 71.4 Å². The molecule has 406 valence electrons. The number of benzene rings is 2. The van der Waals surface area contributed by atoms with Gasteiger partial charge in [0.05, 0.1) is 30.6 Å². The van der Waals surface area contributed by atoms with Gasteiger partial charge in [0.25, 0.3) is 0 Å². The number of nitrogens with one attached hydrogen (secondary N) is 1. The van der Waals surface area contributed by atoms with Gasteiger partial charge in [-0.25, -0.2) is 4.79 Å². The average Bonchev–Trinajstić information content (AvgIpc) is 3.39. The van der Waals surface area contributed by atoms with Gasteiger partial charge in [0.15, 0.2) is 0 Å². The fourth-order valence-corrected chi connectivity index (χ4v) is 10.6. The summed E-state index contributed by atoms with van der Waals surface area (Å²) in [6.07, 6.45) is 34.9. The van der Waals surface area contributed by atoms with Gasteiger partial charge in [-0.2, -0.15) is 0 Å². The number of thioether (sulfide) groups is 1. The molecular weight excluding hydrogens is 923 g/mol. The van der Waals surface area contributed by atoms with Crippen LogP contribution in [0.4, 0.5) is 0 Å². The minimum Gasteiger partial charge on any atom is -0.463 e. The monoisotopic (exact) mass is 1020 g/mol. The molecule has 1 saturated heterocycles. The molecule has 0 aliphatic carbocycles. The lowest BCUT2D eigenvalue weighted by molar-refractivity contribution is -0.188. The molecule has 2 unspecified atom stereocenters. The van der Waals surface area contributed by atoms with Crippen LogP contribution < -0.4 is 5.32 Å². The molecule has 1 fully saturated rings. The van der Waals surface area contributed by atoms with Crippen LogP contribution in [0.2, 0.25) is 0 Å². The Morgan fingerprint density at radius 2 is 1.12 bits per heavy atom. The molecule has 2 aromatic rings. The van der Waals surface area contributed by atoms with Crippen molar-refractivity contribution in [1.29, 1.82) is 0 Å². The Balaban J connectivity index is 1.48. The van der Waals surface area contributed by atoms with Gasteiger partial charge in [-0.15, -0.1) is 0 Å². The van der Waals surface area contributed by atoms with Crippen molar-refractivity contribution >= 4 is 35.6 Å². The lowest BCUT2D eigenvalue weighted by Crippen LogP contribution is -2.55. The Hall–Kier alpha value is -3.67. The highest BCUT2D eigenvalue weighted by molar-refractivity contribution is 7.99. The quantitative estimate of drug-likeness (QED) is 0.0286. The van der Waals surface area contributed by atoms with Gasteiger partial charge in [-0.3, -0.25) is 14.4 Å². The Bertz CT molecular complexity index is 1730. The second-order valence-corrected chi connectivity index (χ2v) is 21.4. The van der Waals surface area contributed by atoms with Gasteiger partial charge in [-0.05, 0) is 56.0 Å². The maximum Gasteiger partial charge on any atom is 0.338 e. The Morgan fingerprint density at radius 1 is 0.639 bits per heavy atom. The third-order valence-corrected chi connectivity index (χ3v) is 15.1. The van der Waals surface area contributed by atoms with Gasteiger partial charge in [0.2, 0.25) is 5.91 Å². The number of ether oxygens (including phenoxy) is 4. The number of hydrogen-bond donors (Lipinski definition) is 2. The van der Waals surface area contributed by atoms with Gasteiger partial charge in [-0.1, -0.05) is 236 Å². The number of carbonyl (C=O) groups excluding carboxylic acids is 4. The van der Waals surface area contributed by atoms with E-state index in [4.69, 9.17) is 18.9 Å². The molecule has 0 radical (unpaired) electrons. The zero-order valence-corrected chi connectivity index (χ0v) is 46.0. The number of allylic oxidation sites excluding steroid dienone is 1. The Morgan fingerprint density at radius 3 is 1.65 bits per heavy atom. The number of hydrogen-bond acceptors (Lipinski definition) is 10. The Kier molecular flexibility index (Phi) is 35.4. The molecule has 1 aliphatic heterocycles. The number of amides is 1. The number of carbonyl (C=O) groups is 4. The zero-order chi connectivity index (χ0) is 51.9. The predicted octanol–water partition coefficient (Wildman–Crippen LogP) is 15.4. The van der Waals surface area contributed by atoms with E-state index in [0.717, 1.165) is 43.4 Å². The third kappa shape index (κ3) is 28.1. The van der Waals surface area contributed by atoms with Crippen LogP contribution in [0, 0.1) is 5.92 Å². The molecule has 1 amide bonds. The second-order valence-electron chi connectivity index (χ2n) is 20.2. The van der Waals surface area contributed by atoms with Crippen LogP contribution in [0.5, 0.6) is 0 Å². The van der Waals surface area contributed by atoms with Crippen molar-refractivity contribution in [2.24, 2.45) is 5.92 Å².